The molecule has 0 bridgehead atoms. The number of nitrogens with zero attached hydrogens (tertiary/aromatic N) is 1. The number of alkyl halides is 3. The number of fused-ring (bicyclic) bond motifs is 1. The van der Waals surface area contributed by atoms with Gasteiger partial charge in [0, 0.05) is 36.0 Å². The van der Waals surface area contributed by atoms with E-state index >= 15 is 0 Å². The van der Waals surface area contributed by atoms with Gasteiger partial charge >= 0.3 is 6.18 Å². The van der Waals surface area contributed by atoms with Gasteiger partial charge < -0.3 is 15.4 Å². The van der Waals surface area contributed by atoms with Gasteiger partial charge in [-0.25, -0.2) is 4.98 Å². The van der Waals surface area contributed by atoms with Gasteiger partial charge in [0.15, 0.2) is 6.61 Å². The minimum Gasteiger partial charge on any atom is -0.484 e. The number of ether oxygens (including phenoxy) is 1. The van der Waals surface area contributed by atoms with Crippen molar-refractivity contribution in [1.29, 1.82) is 0 Å². The molecule has 1 atom stereocenters. The highest BCUT2D eigenvalue weighted by molar-refractivity contribution is 7.99. The van der Waals surface area contributed by atoms with Gasteiger partial charge in [0.05, 0.1) is 5.52 Å². The lowest BCUT2D eigenvalue weighted by Gasteiger charge is -2.24. The number of halogens is 3. The Hall–Kier alpha value is -2.00. The molecule has 1 aromatic carbocycles. The first-order valence-electron chi connectivity index (χ1n) is 10.2. The Balaban J connectivity index is 1.92. The van der Waals surface area contributed by atoms with Gasteiger partial charge in [0.25, 0.3) is 5.91 Å². The maximum Gasteiger partial charge on any atom is 0.422 e. The van der Waals surface area contributed by atoms with E-state index in [-0.39, 0.29) is 17.7 Å². The quantitative estimate of drug-likeness (QED) is 0.707. The summed E-state index contributed by atoms with van der Waals surface area (Å²) in [5, 5.41) is 6.99. The zero-order valence-corrected chi connectivity index (χ0v) is 19.0. The van der Waals surface area contributed by atoms with Gasteiger partial charge in [-0.1, -0.05) is 20.8 Å². The molecule has 1 fully saturated rings. The van der Waals surface area contributed by atoms with Crippen LogP contribution in [0.5, 0.6) is 5.75 Å². The molecule has 1 amide bonds. The maximum absolute atomic E-state index is 12.8. The van der Waals surface area contributed by atoms with Gasteiger partial charge in [-0.05, 0) is 41.7 Å². The summed E-state index contributed by atoms with van der Waals surface area (Å²) in [5.41, 5.74) is 1.97. The third-order valence-electron chi connectivity index (χ3n) is 5.04. The SMILES string of the molecule is Cc1cc(C(=O)NCC2CSCCN2)nc2c(C(C)(C)C)cc(OCC(F)(F)F)cc12. The van der Waals surface area contributed by atoms with Crippen molar-refractivity contribution in [1.82, 2.24) is 15.6 Å². The lowest BCUT2D eigenvalue weighted by Crippen LogP contribution is -2.45. The van der Waals surface area contributed by atoms with Crippen molar-refractivity contribution in [2.75, 3.05) is 31.2 Å². The lowest BCUT2D eigenvalue weighted by atomic mass is 9.84. The highest BCUT2D eigenvalue weighted by Crippen LogP contribution is 2.35. The second-order valence-electron chi connectivity index (χ2n) is 8.78. The minimum atomic E-state index is -4.42. The van der Waals surface area contributed by atoms with Crippen LogP contribution in [0.1, 0.15) is 42.4 Å². The molecule has 9 heteroatoms. The first-order valence-corrected chi connectivity index (χ1v) is 11.3. The molecule has 0 radical (unpaired) electrons. The number of carbonyl (C=O) groups is 1. The first-order chi connectivity index (χ1) is 14.4. The largest absolute Gasteiger partial charge is 0.484 e. The molecule has 1 aliphatic heterocycles. The Kier molecular flexibility index (Phi) is 7.05. The fraction of sp³-hybridized carbons (Fsp3) is 0.545. The van der Waals surface area contributed by atoms with E-state index in [1.165, 1.54) is 0 Å². The monoisotopic (exact) mass is 455 g/mol. The molecule has 3 rings (SSSR count). The predicted octanol–water partition coefficient (Wildman–Crippen LogP) is 4.22. The van der Waals surface area contributed by atoms with E-state index < -0.39 is 18.2 Å². The van der Waals surface area contributed by atoms with Gasteiger partial charge in [-0.2, -0.15) is 24.9 Å². The van der Waals surface area contributed by atoms with Crippen molar-refractivity contribution in [2.45, 2.75) is 45.3 Å². The average Bonchev–Trinajstić information content (AvgIpc) is 2.69. The average molecular weight is 456 g/mol. The zero-order chi connectivity index (χ0) is 22.8. The molecular weight excluding hydrogens is 427 g/mol. The molecule has 1 saturated heterocycles. The Morgan fingerprint density at radius 2 is 2.03 bits per heavy atom. The lowest BCUT2D eigenvalue weighted by molar-refractivity contribution is -0.153. The maximum atomic E-state index is 12.8. The summed E-state index contributed by atoms with van der Waals surface area (Å²) in [6.45, 7) is 7.75. The third-order valence-corrected chi connectivity index (χ3v) is 6.18. The standard InChI is InChI=1S/C22H28F3N3O2S/c1-13-7-18(20(29)27-10-14-11-31-6-5-26-14)28-19-16(13)8-15(30-12-22(23,24)25)9-17(19)21(2,3)4/h7-9,14,26H,5-6,10-12H2,1-4H3,(H,27,29). The first kappa shape index (κ1) is 23.7. The topological polar surface area (TPSA) is 63.2 Å². The summed E-state index contributed by atoms with van der Waals surface area (Å²) in [7, 11) is 0. The number of hydrogen-bond donors (Lipinski definition) is 2. The molecule has 170 valence electrons. The molecule has 1 unspecified atom stereocenters. The molecule has 1 aliphatic rings. The second kappa shape index (κ2) is 9.24. The summed E-state index contributed by atoms with van der Waals surface area (Å²) in [4.78, 5) is 17.4. The van der Waals surface area contributed by atoms with Crippen molar-refractivity contribution < 1.29 is 22.7 Å². The molecule has 31 heavy (non-hydrogen) atoms. The molecule has 2 N–H and O–H groups in total. The number of nitrogens with one attached hydrogen (secondary N) is 2. The normalized spacial score (nSPS) is 17.6. The Morgan fingerprint density at radius 1 is 1.29 bits per heavy atom. The second-order valence-corrected chi connectivity index (χ2v) is 9.93. The molecule has 0 spiro atoms. The summed E-state index contributed by atoms with van der Waals surface area (Å²) in [6, 6.07) is 5.04. The Labute approximate surface area is 184 Å². The minimum absolute atomic E-state index is 0.137. The van der Waals surface area contributed by atoms with E-state index in [9.17, 15) is 18.0 Å². The number of aromatic nitrogens is 1. The fourth-order valence-corrected chi connectivity index (χ4v) is 4.41. The number of rotatable bonds is 5. The van der Waals surface area contributed by atoms with E-state index in [1.807, 2.05) is 39.5 Å². The number of aryl methyl sites for hydroxylation is 1. The highest BCUT2D eigenvalue weighted by atomic mass is 32.2. The molecule has 0 aliphatic carbocycles. The Morgan fingerprint density at radius 3 is 2.65 bits per heavy atom. The number of hydrogen-bond acceptors (Lipinski definition) is 5. The van der Waals surface area contributed by atoms with Crippen LogP contribution >= 0.6 is 11.8 Å². The molecule has 2 heterocycles. The van der Waals surface area contributed by atoms with Gasteiger partial charge in [-0.3, -0.25) is 4.79 Å². The van der Waals surface area contributed by atoms with Crippen LogP contribution in [-0.2, 0) is 5.41 Å². The molecule has 2 aromatic rings. The van der Waals surface area contributed by atoms with E-state index in [4.69, 9.17) is 4.74 Å². The van der Waals surface area contributed by atoms with E-state index in [1.54, 1.807) is 18.2 Å². The van der Waals surface area contributed by atoms with Crippen LogP contribution in [0.25, 0.3) is 10.9 Å². The molecule has 5 nitrogen and oxygen atoms in total. The number of carbonyl (C=O) groups excluding carboxylic acids is 1. The third kappa shape index (κ3) is 6.26. The highest BCUT2D eigenvalue weighted by Gasteiger charge is 2.29. The van der Waals surface area contributed by atoms with Crippen molar-refractivity contribution in [3.8, 4) is 5.75 Å². The van der Waals surface area contributed by atoms with Crippen LogP contribution in [0, 0.1) is 6.92 Å². The van der Waals surface area contributed by atoms with Crippen LogP contribution in [0.2, 0.25) is 0 Å². The summed E-state index contributed by atoms with van der Waals surface area (Å²) in [5.74, 6) is 1.89. The van der Waals surface area contributed by atoms with E-state index in [0.717, 1.165) is 29.2 Å². The fourth-order valence-electron chi connectivity index (χ4n) is 3.46. The summed E-state index contributed by atoms with van der Waals surface area (Å²) >= 11 is 1.85. The van der Waals surface area contributed by atoms with Gasteiger partial charge in [0.1, 0.15) is 11.4 Å². The zero-order valence-electron chi connectivity index (χ0n) is 18.2. The van der Waals surface area contributed by atoms with Crippen molar-refractivity contribution in [3.63, 3.8) is 0 Å². The van der Waals surface area contributed by atoms with Crippen molar-refractivity contribution >= 4 is 28.6 Å². The van der Waals surface area contributed by atoms with Crippen LogP contribution in [0.3, 0.4) is 0 Å². The van der Waals surface area contributed by atoms with Crippen molar-refractivity contribution in [3.05, 3.63) is 35.0 Å². The molecule has 0 saturated carbocycles. The number of thioether (sulfide) groups is 1. The van der Waals surface area contributed by atoms with Crippen LogP contribution in [-0.4, -0.2) is 54.3 Å². The van der Waals surface area contributed by atoms with Crippen molar-refractivity contribution in [2.24, 2.45) is 0 Å². The van der Waals surface area contributed by atoms with E-state index in [2.05, 4.69) is 15.6 Å². The predicted molar refractivity (Wildman–Crippen MR) is 118 cm³/mol. The molecular formula is C22H28F3N3O2S. The van der Waals surface area contributed by atoms with Gasteiger partial charge in [0.2, 0.25) is 0 Å². The number of amides is 1. The van der Waals surface area contributed by atoms with Crippen LogP contribution in [0.4, 0.5) is 13.2 Å². The van der Waals surface area contributed by atoms with E-state index in [0.29, 0.717) is 23.1 Å². The van der Waals surface area contributed by atoms with Crippen LogP contribution in [0.15, 0.2) is 18.2 Å². The number of benzene rings is 1. The number of pyridine rings is 1. The molecule has 1 aromatic heterocycles. The smallest absolute Gasteiger partial charge is 0.422 e. The summed E-state index contributed by atoms with van der Waals surface area (Å²) in [6.07, 6.45) is -4.42. The van der Waals surface area contributed by atoms with Gasteiger partial charge in [-0.15, -0.1) is 0 Å². The Bertz CT molecular complexity index is 952. The summed E-state index contributed by atoms with van der Waals surface area (Å²) < 4.78 is 42.9. The van der Waals surface area contributed by atoms with Crippen LogP contribution < -0.4 is 15.4 Å².